The van der Waals surface area contributed by atoms with E-state index in [0.29, 0.717) is 19.0 Å². The summed E-state index contributed by atoms with van der Waals surface area (Å²) in [5, 5.41) is 17.2. The molecule has 0 saturated carbocycles. The number of nitrogens with zero attached hydrogens (tertiary/aromatic N) is 2. The van der Waals surface area contributed by atoms with E-state index >= 15 is 0 Å². The lowest BCUT2D eigenvalue weighted by molar-refractivity contribution is 0.265. The molecule has 0 aliphatic rings. The van der Waals surface area contributed by atoms with E-state index in [-0.39, 0.29) is 12.5 Å². The number of aryl methyl sites for hydroxylation is 2. The molecule has 1 atom stereocenters. The molecule has 0 aliphatic heterocycles. The highest BCUT2D eigenvalue weighted by atomic mass is 32.1. The van der Waals surface area contributed by atoms with Gasteiger partial charge in [-0.05, 0) is 19.4 Å². The van der Waals surface area contributed by atoms with Crippen molar-refractivity contribution in [1.29, 1.82) is 0 Å². The molecule has 2 aromatic rings. The van der Waals surface area contributed by atoms with Crippen LogP contribution in [0.25, 0.3) is 0 Å². The third kappa shape index (κ3) is 5.04. The van der Waals surface area contributed by atoms with Crippen LogP contribution in [-0.4, -0.2) is 36.2 Å². The van der Waals surface area contributed by atoms with Gasteiger partial charge in [-0.15, -0.1) is 11.3 Å². The number of benzene rings is 1. The van der Waals surface area contributed by atoms with E-state index in [1.807, 2.05) is 37.3 Å². The summed E-state index contributed by atoms with van der Waals surface area (Å²) < 4.78 is 0. The van der Waals surface area contributed by atoms with Crippen molar-refractivity contribution in [2.24, 2.45) is 4.99 Å². The zero-order chi connectivity index (χ0) is 16.7. The van der Waals surface area contributed by atoms with Crippen LogP contribution >= 0.6 is 11.3 Å². The molecule has 124 valence electrons. The molecule has 1 unspecified atom stereocenters. The Morgan fingerprint density at radius 1 is 1.26 bits per heavy atom. The van der Waals surface area contributed by atoms with Gasteiger partial charge in [0, 0.05) is 24.4 Å². The topological polar surface area (TPSA) is 69.5 Å². The summed E-state index contributed by atoms with van der Waals surface area (Å²) in [5.74, 6) is 0.754. The number of nitrogens with one attached hydrogen (secondary N) is 2. The van der Waals surface area contributed by atoms with Gasteiger partial charge in [0.1, 0.15) is 5.01 Å². The Hall–Kier alpha value is -1.92. The van der Waals surface area contributed by atoms with E-state index in [0.717, 1.165) is 16.3 Å². The Balaban J connectivity index is 1.87. The molecule has 0 aliphatic carbocycles. The maximum Gasteiger partial charge on any atom is 0.191 e. The van der Waals surface area contributed by atoms with Gasteiger partial charge in [0.25, 0.3) is 0 Å². The minimum Gasteiger partial charge on any atom is -0.396 e. The largest absolute Gasteiger partial charge is 0.396 e. The fourth-order valence-electron chi connectivity index (χ4n) is 2.23. The monoisotopic (exact) mass is 332 g/mol. The first kappa shape index (κ1) is 17.4. The molecule has 1 heterocycles. The first-order valence-corrected chi connectivity index (χ1v) is 8.49. The summed E-state index contributed by atoms with van der Waals surface area (Å²) >= 11 is 1.70. The van der Waals surface area contributed by atoms with Crippen LogP contribution in [0.2, 0.25) is 0 Å². The predicted molar refractivity (Wildman–Crippen MR) is 96.1 cm³/mol. The summed E-state index contributed by atoms with van der Waals surface area (Å²) in [6, 6.07) is 10.00. The number of guanidine groups is 1. The van der Waals surface area contributed by atoms with Crippen LogP contribution in [0.1, 0.15) is 27.1 Å². The van der Waals surface area contributed by atoms with Gasteiger partial charge >= 0.3 is 0 Å². The second kappa shape index (κ2) is 8.64. The van der Waals surface area contributed by atoms with Crippen LogP contribution in [0.4, 0.5) is 0 Å². The molecular formula is C17H24N4OS. The van der Waals surface area contributed by atoms with Gasteiger partial charge in [-0.25, -0.2) is 4.98 Å². The van der Waals surface area contributed by atoms with Crippen molar-refractivity contribution in [2.75, 3.05) is 20.2 Å². The fraction of sp³-hybridized carbons (Fsp3) is 0.412. The lowest BCUT2D eigenvalue weighted by atomic mass is 10.0. The average molecular weight is 332 g/mol. The molecule has 0 fully saturated rings. The number of rotatable bonds is 6. The SMILES string of the molecule is CN=C(NCc1nc(C)c(C)s1)NCC(CO)c1ccccc1. The van der Waals surface area contributed by atoms with Crippen LogP contribution in [0.15, 0.2) is 35.3 Å². The van der Waals surface area contributed by atoms with Gasteiger partial charge in [0.15, 0.2) is 5.96 Å². The maximum absolute atomic E-state index is 9.60. The molecule has 5 nitrogen and oxygen atoms in total. The van der Waals surface area contributed by atoms with Gasteiger partial charge in [-0.3, -0.25) is 4.99 Å². The van der Waals surface area contributed by atoms with E-state index in [4.69, 9.17) is 0 Å². The summed E-state index contributed by atoms with van der Waals surface area (Å²) in [7, 11) is 1.74. The Morgan fingerprint density at radius 3 is 2.57 bits per heavy atom. The van der Waals surface area contributed by atoms with Crippen molar-refractivity contribution in [3.8, 4) is 0 Å². The highest BCUT2D eigenvalue weighted by Gasteiger charge is 2.11. The number of aliphatic hydroxyl groups excluding tert-OH is 1. The standard InChI is InChI=1S/C17H24N4OS/c1-12-13(2)23-16(21-12)10-20-17(18-3)19-9-15(11-22)14-7-5-4-6-8-14/h4-8,15,22H,9-11H2,1-3H3,(H2,18,19,20). The summed E-state index contributed by atoms with van der Waals surface area (Å²) in [4.78, 5) is 9.98. The second-order valence-corrected chi connectivity index (χ2v) is 6.63. The van der Waals surface area contributed by atoms with Crippen molar-refractivity contribution in [3.63, 3.8) is 0 Å². The van der Waals surface area contributed by atoms with Crippen LogP contribution in [0, 0.1) is 13.8 Å². The van der Waals surface area contributed by atoms with Crippen molar-refractivity contribution < 1.29 is 5.11 Å². The number of aromatic nitrogens is 1. The molecular weight excluding hydrogens is 308 g/mol. The third-order valence-electron chi connectivity index (χ3n) is 3.71. The molecule has 1 aromatic heterocycles. The Bertz CT molecular complexity index is 620. The third-order valence-corrected chi connectivity index (χ3v) is 4.78. The Morgan fingerprint density at radius 2 is 2.00 bits per heavy atom. The summed E-state index contributed by atoms with van der Waals surface area (Å²) in [6.07, 6.45) is 0. The van der Waals surface area contributed by atoms with E-state index in [1.54, 1.807) is 18.4 Å². The Kier molecular flexibility index (Phi) is 6.55. The number of hydrogen-bond acceptors (Lipinski definition) is 4. The minimum absolute atomic E-state index is 0.0408. The predicted octanol–water partition coefficient (Wildman–Crippen LogP) is 2.20. The zero-order valence-electron chi connectivity index (χ0n) is 13.8. The molecule has 3 N–H and O–H groups in total. The molecule has 1 aromatic carbocycles. The lowest BCUT2D eigenvalue weighted by Crippen LogP contribution is -2.39. The van der Waals surface area contributed by atoms with Gasteiger partial charge in [-0.1, -0.05) is 30.3 Å². The summed E-state index contributed by atoms with van der Waals surface area (Å²) in [6.45, 7) is 5.46. The number of aliphatic hydroxyl groups is 1. The lowest BCUT2D eigenvalue weighted by Gasteiger charge is -2.17. The molecule has 0 bridgehead atoms. The molecule has 0 radical (unpaired) electrons. The molecule has 23 heavy (non-hydrogen) atoms. The highest BCUT2D eigenvalue weighted by molar-refractivity contribution is 7.11. The normalized spacial score (nSPS) is 13.0. The Labute approximate surface area is 141 Å². The molecule has 2 rings (SSSR count). The number of aliphatic imine (C=N–C) groups is 1. The van der Waals surface area contributed by atoms with Crippen LogP contribution in [0.3, 0.4) is 0 Å². The highest BCUT2D eigenvalue weighted by Crippen LogP contribution is 2.16. The smallest absolute Gasteiger partial charge is 0.191 e. The summed E-state index contributed by atoms with van der Waals surface area (Å²) in [5.41, 5.74) is 2.20. The first-order valence-electron chi connectivity index (χ1n) is 7.67. The van der Waals surface area contributed by atoms with Gasteiger partial charge in [0.05, 0.1) is 18.8 Å². The number of thiazole rings is 1. The van der Waals surface area contributed by atoms with Gasteiger partial charge in [-0.2, -0.15) is 0 Å². The van der Waals surface area contributed by atoms with Crippen LogP contribution in [-0.2, 0) is 6.54 Å². The van der Waals surface area contributed by atoms with Crippen molar-refractivity contribution in [1.82, 2.24) is 15.6 Å². The van der Waals surface area contributed by atoms with Crippen molar-refractivity contribution in [2.45, 2.75) is 26.3 Å². The molecule has 0 spiro atoms. The van der Waals surface area contributed by atoms with Gasteiger partial charge < -0.3 is 15.7 Å². The second-order valence-electron chi connectivity index (χ2n) is 5.35. The molecule has 0 saturated heterocycles. The van der Waals surface area contributed by atoms with E-state index in [1.165, 1.54) is 4.88 Å². The van der Waals surface area contributed by atoms with Crippen LogP contribution < -0.4 is 10.6 Å². The van der Waals surface area contributed by atoms with E-state index < -0.39 is 0 Å². The average Bonchev–Trinajstić information content (AvgIpc) is 2.90. The molecule has 0 amide bonds. The van der Waals surface area contributed by atoms with Gasteiger partial charge in [0.2, 0.25) is 0 Å². The first-order chi connectivity index (χ1) is 11.1. The molecule has 6 heteroatoms. The maximum atomic E-state index is 9.60. The fourth-order valence-corrected chi connectivity index (χ4v) is 3.10. The van der Waals surface area contributed by atoms with Crippen molar-refractivity contribution >= 4 is 17.3 Å². The van der Waals surface area contributed by atoms with E-state index in [9.17, 15) is 5.11 Å². The number of hydrogen-bond donors (Lipinski definition) is 3. The quantitative estimate of drug-likeness (QED) is 0.560. The van der Waals surface area contributed by atoms with E-state index in [2.05, 4.69) is 27.5 Å². The van der Waals surface area contributed by atoms with Crippen molar-refractivity contribution in [3.05, 3.63) is 51.5 Å². The minimum atomic E-state index is 0.0408. The van der Waals surface area contributed by atoms with Crippen LogP contribution in [0.5, 0.6) is 0 Å². The zero-order valence-corrected chi connectivity index (χ0v) is 14.7.